The average Bonchev–Trinajstić information content (AvgIpc) is 3.23. The van der Waals surface area contributed by atoms with E-state index in [1.165, 1.54) is 24.5 Å². The normalized spacial score (nSPS) is 15.5. The summed E-state index contributed by atoms with van der Waals surface area (Å²) >= 11 is 0. The van der Waals surface area contributed by atoms with Crippen molar-refractivity contribution < 1.29 is 24.2 Å². The molecule has 0 amide bonds. The predicted octanol–water partition coefficient (Wildman–Crippen LogP) is 3.35. The summed E-state index contributed by atoms with van der Waals surface area (Å²) in [6.45, 7) is 0. The van der Waals surface area contributed by atoms with Crippen LogP contribution in [0.15, 0.2) is 70.5 Å². The molecule has 2 N–H and O–H groups in total. The van der Waals surface area contributed by atoms with Gasteiger partial charge in [-0.2, -0.15) is 5.10 Å². The van der Waals surface area contributed by atoms with Crippen LogP contribution in [0.4, 0.5) is 0 Å². The number of aromatic nitrogens is 3. The first-order chi connectivity index (χ1) is 16.0. The molecule has 6 rings (SSSR count). The van der Waals surface area contributed by atoms with Crippen LogP contribution < -0.4 is 10.2 Å². The fraction of sp³-hybridized carbons (Fsp3) is 0.0833. The molecule has 0 fully saturated rings. The Balaban J connectivity index is 1.63. The van der Waals surface area contributed by atoms with Gasteiger partial charge in [0.1, 0.15) is 34.5 Å². The van der Waals surface area contributed by atoms with Crippen molar-refractivity contribution in [2.45, 2.75) is 12.3 Å². The summed E-state index contributed by atoms with van der Waals surface area (Å²) in [5.74, 6) is -1.20. The molecule has 0 radical (unpaired) electrons. The molecule has 1 aliphatic heterocycles. The van der Waals surface area contributed by atoms with E-state index >= 15 is 0 Å². The first kappa shape index (κ1) is 19.1. The molecule has 0 aliphatic carbocycles. The van der Waals surface area contributed by atoms with Crippen LogP contribution in [0.25, 0.3) is 27.7 Å². The zero-order valence-electron chi connectivity index (χ0n) is 16.9. The van der Waals surface area contributed by atoms with Crippen molar-refractivity contribution in [1.29, 1.82) is 0 Å². The van der Waals surface area contributed by atoms with Crippen molar-refractivity contribution in [3.63, 3.8) is 0 Å². The number of aromatic hydroxyl groups is 2. The number of fused-ring (bicyclic) bond motifs is 4. The van der Waals surface area contributed by atoms with E-state index in [2.05, 4.69) is 10.1 Å². The zero-order chi connectivity index (χ0) is 22.7. The van der Waals surface area contributed by atoms with Crippen molar-refractivity contribution in [2.75, 3.05) is 0 Å². The number of hydrogen-bond acceptors (Lipinski definition) is 8. The van der Waals surface area contributed by atoms with Crippen molar-refractivity contribution in [3.05, 3.63) is 82.6 Å². The van der Waals surface area contributed by atoms with E-state index in [0.29, 0.717) is 22.3 Å². The molecule has 3 aromatic heterocycles. The molecule has 9 nitrogen and oxygen atoms in total. The number of nitrogens with zero attached hydrogens (tertiary/aromatic N) is 3. The summed E-state index contributed by atoms with van der Waals surface area (Å²) in [5, 5.41) is 24.5. The van der Waals surface area contributed by atoms with Gasteiger partial charge in [-0.3, -0.25) is 9.59 Å². The number of phenolic OH excluding ortho intramolecular Hbond substituents is 2. The first-order valence-electron chi connectivity index (χ1n) is 10.1. The molecule has 0 saturated carbocycles. The van der Waals surface area contributed by atoms with Crippen molar-refractivity contribution in [3.8, 4) is 28.4 Å². The molecule has 162 valence electrons. The Kier molecular flexibility index (Phi) is 4.00. The van der Waals surface area contributed by atoms with Gasteiger partial charge in [0.15, 0.2) is 5.65 Å². The van der Waals surface area contributed by atoms with Gasteiger partial charge in [0.2, 0.25) is 5.43 Å². The maximum atomic E-state index is 13.4. The van der Waals surface area contributed by atoms with Crippen LogP contribution >= 0.6 is 0 Å². The van der Waals surface area contributed by atoms with Gasteiger partial charge >= 0.3 is 5.97 Å². The summed E-state index contributed by atoms with van der Waals surface area (Å²) in [6.07, 6.45) is 6.29. The molecule has 0 spiro atoms. The van der Waals surface area contributed by atoms with Crippen LogP contribution in [-0.2, 0) is 4.79 Å². The van der Waals surface area contributed by atoms with Gasteiger partial charge in [-0.1, -0.05) is 12.1 Å². The number of rotatable bonds is 2. The van der Waals surface area contributed by atoms with E-state index < -0.39 is 17.3 Å². The second kappa shape index (κ2) is 6.92. The lowest BCUT2D eigenvalue weighted by molar-refractivity contribution is -0.135. The fourth-order valence-corrected chi connectivity index (χ4v) is 4.33. The molecule has 0 saturated heterocycles. The summed E-state index contributed by atoms with van der Waals surface area (Å²) in [4.78, 5) is 30.1. The topological polar surface area (TPSA) is 127 Å². The Morgan fingerprint density at radius 2 is 1.94 bits per heavy atom. The molecule has 1 atom stereocenters. The van der Waals surface area contributed by atoms with E-state index in [0.717, 1.165) is 0 Å². The Morgan fingerprint density at radius 1 is 1.12 bits per heavy atom. The highest BCUT2D eigenvalue weighted by atomic mass is 16.5. The average molecular weight is 441 g/mol. The number of benzene rings is 2. The maximum absolute atomic E-state index is 13.4. The standard InChI is InChI=1S/C24H15N3O6/c28-13-4-2-12(3-5-13)16-11-32-23-20-14(15-10-26-27-7-1-6-25-24(15)27)8-19(30)33-18(20)9-17(29)21(23)22(16)31/h1-7,9-11,14,28-29H,8H2. The quantitative estimate of drug-likeness (QED) is 0.315. The van der Waals surface area contributed by atoms with E-state index in [4.69, 9.17) is 9.15 Å². The molecule has 33 heavy (non-hydrogen) atoms. The van der Waals surface area contributed by atoms with Crippen LogP contribution in [-0.4, -0.2) is 30.8 Å². The van der Waals surface area contributed by atoms with Gasteiger partial charge < -0.3 is 19.4 Å². The SMILES string of the molecule is O=C1CC(c2cnn3cccnc23)c2c(cc(O)c3c(=O)c(-c4ccc(O)cc4)coc23)O1. The fourth-order valence-electron chi connectivity index (χ4n) is 4.33. The van der Waals surface area contributed by atoms with Crippen molar-refractivity contribution in [1.82, 2.24) is 14.6 Å². The van der Waals surface area contributed by atoms with Crippen LogP contribution in [0, 0.1) is 0 Å². The van der Waals surface area contributed by atoms with E-state index in [1.807, 2.05) is 0 Å². The van der Waals surface area contributed by atoms with Crippen LogP contribution in [0.2, 0.25) is 0 Å². The number of ether oxygens (including phenoxy) is 1. The molecule has 9 heteroatoms. The number of carbonyl (C=O) groups is 1. The van der Waals surface area contributed by atoms with Crippen LogP contribution in [0.1, 0.15) is 23.5 Å². The number of carbonyl (C=O) groups excluding carboxylic acids is 1. The number of esters is 1. The second-order valence-electron chi connectivity index (χ2n) is 7.76. The van der Waals surface area contributed by atoms with Crippen molar-refractivity contribution in [2.24, 2.45) is 0 Å². The molecule has 0 bridgehead atoms. The molecule has 1 unspecified atom stereocenters. The summed E-state index contributed by atoms with van der Waals surface area (Å²) in [6, 6.07) is 9.08. The first-order valence-corrected chi connectivity index (χ1v) is 10.1. The zero-order valence-corrected chi connectivity index (χ0v) is 16.9. The van der Waals surface area contributed by atoms with E-state index in [9.17, 15) is 19.8 Å². The Hall–Kier alpha value is -4.66. The van der Waals surface area contributed by atoms with Crippen LogP contribution in [0.5, 0.6) is 17.2 Å². The van der Waals surface area contributed by atoms with Gasteiger partial charge in [0.05, 0.1) is 18.2 Å². The minimum absolute atomic E-state index is 0.00573. The van der Waals surface area contributed by atoms with Gasteiger partial charge in [-0.15, -0.1) is 0 Å². The molecule has 1 aliphatic rings. The van der Waals surface area contributed by atoms with Gasteiger partial charge in [0, 0.05) is 35.5 Å². The molecular formula is C24H15N3O6. The Morgan fingerprint density at radius 3 is 2.76 bits per heavy atom. The van der Waals surface area contributed by atoms with E-state index in [1.54, 1.807) is 41.3 Å². The van der Waals surface area contributed by atoms with Crippen LogP contribution in [0.3, 0.4) is 0 Å². The molecular weight excluding hydrogens is 426 g/mol. The second-order valence-corrected chi connectivity index (χ2v) is 7.76. The number of hydrogen-bond donors (Lipinski definition) is 2. The Labute approximate surface area is 185 Å². The molecule has 2 aromatic carbocycles. The third kappa shape index (κ3) is 2.86. The third-order valence-electron chi connectivity index (χ3n) is 5.83. The molecule has 4 heterocycles. The minimum Gasteiger partial charge on any atom is -0.508 e. The third-order valence-corrected chi connectivity index (χ3v) is 5.83. The van der Waals surface area contributed by atoms with E-state index in [-0.39, 0.29) is 40.2 Å². The lowest BCUT2D eigenvalue weighted by Crippen LogP contribution is -2.22. The number of phenols is 2. The Bertz CT molecular complexity index is 1630. The summed E-state index contributed by atoms with van der Waals surface area (Å²) < 4.78 is 12.9. The lowest BCUT2D eigenvalue weighted by Gasteiger charge is -2.25. The predicted molar refractivity (Wildman–Crippen MR) is 116 cm³/mol. The van der Waals surface area contributed by atoms with Gasteiger partial charge in [0.25, 0.3) is 0 Å². The lowest BCUT2D eigenvalue weighted by atomic mass is 9.86. The van der Waals surface area contributed by atoms with Crippen molar-refractivity contribution >= 4 is 22.6 Å². The maximum Gasteiger partial charge on any atom is 0.312 e. The largest absolute Gasteiger partial charge is 0.508 e. The monoisotopic (exact) mass is 441 g/mol. The van der Waals surface area contributed by atoms with Gasteiger partial charge in [-0.05, 0) is 23.8 Å². The highest BCUT2D eigenvalue weighted by Gasteiger charge is 2.35. The summed E-state index contributed by atoms with van der Waals surface area (Å²) in [7, 11) is 0. The molecule has 5 aromatic rings. The highest BCUT2D eigenvalue weighted by molar-refractivity contribution is 5.94. The minimum atomic E-state index is -0.542. The van der Waals surface area contributed by atoms with Gasteiger partial charge in [-0.25, -0.2) is 9.50 Å². The summed E-state index contributed by atoms with van der Waals surface area (Å²) in [5.41, 5.74) is 2.13. The highest BCUT2D eigenvalue weighted by Crippen LogP contribution is 2.46. The smallest absolute Gasteiger partial charge is 0.312 e.